The maximum Gasteiger partial charge on any atom is 0.261 e. The highest BCUT2D eigenvalue weighted by Crippen LogP contribution is 2.17. The molecule has 0 aliphatic rings. The number of hydrogen-bond acceptors (Lipinski definition) is 3. The summed E-state index contributed by atoms with van der Waals surface area (Å²) in [5.74, 6) is 0.178. The number of benzene rings is 2. The van der Waals surface area contributed by atoms with E-state index in [0.717, 1.165) is 17.5 Å². The number of halogens is 1. The van der Waals surface area contributed by atoms with Gasteiger partial charge in [-0.15, -0.1) is 0 Å². The highest BCUT2D eigenvalue weighted by Gasteiger charge is 2.29. The predicted molar refractivity (Wildman–Crippen MR) is 121 cm³/mol. The van der Waals surface area contributed by atoms with Crippen LogP contribution < -0.4 is 10.1 Å². The van der Waals surface area contributed by atoms with Crippen molar-refractivity contribution in [2.45, 2.75) is 59.2 Å². The molecule has 0 fully saturated rings. The van der Waals surface area contributed by atoms with Gasteiger partial charge >= 0.3 is 0 Å². The van der Waals surface area contributed by atoms with Crippen molar-refractivity contribution in [2.75, 3.05) is 6.61 Å². The summed E-state index contributed by atoms with van der Waals surface area (Å²) >= 11 is 5.90. The lowest BCUT2D eigenvalue weighted by atomic mass is 10.1. The molecule has 0 radical (unpaired) electrons. The average Bonchev–Trinajstić information content (AvgIpc) is 2.72. The Kier molecular flexibility index (Phi) is 9.18. The third kappa shape index (κ3) is 7.06. The molecule has 162 valence electrons. The lowest BCUT2D eigenvalue weighted by Gasteiger charge is -2.31. The van der Waals surface area contributed by atoms with Crippen molar-refractivity contribution in [3.8, 4) is 5.75 Å². The first-order valence-electron chi connectivity index (χ1n) is 10.4. The second kappa shape index (κ2) is 11.6. The quantitative estimate of drug-likeness (QED) is 0.591. The van der Waals surface area contributed by atoms with Crippen LogP contribution in [0.2, 0.25) is 5.02 Å². The van der Waals surface area contributed by atoms with Crippen LogP contribution >= 0.6 is 11.6 Å². The van der Waals surface area contributed by atoms with E-state index in [4.69, 9.17) is 16.3 Å². The number of aryl methyl sites for hydroxylation is 1. The largest absolute Gasteiger partial charge is 0.484 e. The molecule has 2 atom stereocenters. The van der Waals surface area contributed by atoms with Gasteiger partial charge in [0.05, 0.1) is 0 Å². The molecule has 2 amide bonds. The Labute approximate surface area is 184 Å². The molecule has 0 saturated carbocycles. The fraction of sp³-hybridized carbons (Fsp3) is 0.417. The Balaban J connectivity index is 2.20. The van der Waals surface area contributed by atoms with Gasteiger partial charge in [-0.3, -0.25) is 9.59 Å². The normalized spacial score (nSPS) is 12.7. The summed E-state index contributed by atoms with van der Waals surface area (Å²) < 4.78 is 5.66. The summed E-state index contributed by atoms with van der Waals surface area (Å²) in [7, 11) is 0. The first-order chi connectivity index (χ1) is 14.3. The minimum Gasteiger partial charge on any atom is -0.484 e. The van der Waals surface area contributed by atoms with Crippen LogP contribution in [0.5, 0.6) is 5.75 Å². The van der Waals surface area contributed by atoms with Crippen LogP contribution in [0.3, 0.4) is 0 Å². The van der Waals surface area contributed by atoms with Crippen LogP contribution in [0, 0.1) is 6.92 Å². The van der Waals surface area contributed by atoms with Crippen molar-refractivity contribution in [3.63, 3.8) is 0 Å². The van der Waals surface area contributed by atoms with E-state index in [9.17, 15) is 9.59 Å². The standard InChI is InChI=1S/C24H31ClN2O3/c1-5-18(4)26-24(29)22(6-2)27(15-19-9-7-8-17(3)14-19)23(28)16-30-21-12-10-20(25)11-13-21/h7-14,18,22H,5-6,15-16H2,1-4H3,(H,26,29). The molecule has 0 heterocycles. The smallest absolute Gasteiger partial charge is 0.261 e. The monoisotopic (exact) mass is 430 g/mol. The van der Waals surface area contributed by atoms with E-state index < -0.39 is 6.04 Å². The molecule has 0 saturated heterocycles. The molecule has 2 rings (SSSR count). The number of carbonyl (C=O) groups excluding carboxylic acids is 2. The first-order valence-corrected chi connectivity index (χ1v) is 10.8. The van der Waals surface area contributed by atoms with Crippen LogP contribution in [0.1, 0.15) is 44.7 Å². The summed E-state index contributed by atoms with van der Waals surface area (Å²) in [4.78, 5) is 27.6. The van der Waals surface area contributed by atoms with Crippen LogP contribution in [-0.2, 0) is 16.1 Å². The van der Waals surface area contributed by atoms with Gasteiger partial charge < -0.3 is 15.0 Å². The Morgan fingerprint density at radius 3 is 2.40 bits per heavy atom. The molecule has 0 aliphatic carbocycles. The first kappa shape index (κ1) is 23.7. The Bertz CT molecular complexity index is 839. The number of ether oxygens (including phenoxy) is 1. The van der Waals surface area contributed by atoms with Gasteiger partial charge in [-0.1, -0.05) is 55.3 Å². The molecule has 5 nitrogen and oxygen atoms in total. The van der Waals surface area contributed by atoms with Crippen molar-refractivity contribution in [1.29, 1.82) is 0 Å². The molecule has 0 bridgehead atoms. The third-order valence-corrected chi connectivity index (χ3v) is 5.25. The zero-order chi connectivity index (χ0) is 22.1. The fourth-order valence-electron chi connectivity index (χ4n) is 3.13. The molecule has 0 aromatic heterocycles. The summed E-state index contributed by atoms with van der Waals surface area (Å²) in [5, 5.41) is 3.60. The highest BCUT2D eigenvalue weighted by molar-refractivity contribution is 6.30. The fourth-order valence-corrected chi connectivity index (χ4v) is 3.25. The van der Waals surface area contributed by atoms with Crippen LogP contribution in [0.4, 0.5) is 0 Å². The number of hydrogen-bond donors (Lipinski definition) is 1. The van der Waals surface area contributed by atoms with Gasteiger partial charge in [0.2, 0.25) is 5.91 Å². The molecule has 2 aromatic rings. The highest BCUT2D eigenvalue weighted by atomic mass is 35.5. The van der Waals surface area contributed by atoms with Gasteiger partial charge in [0.1, 0.15) is 11.8 Å². The number of nitrogens with zero attached hydrogens (tertiary/aromatic N) is 1. The number of rotatable bonds is 10. The molecular weight excluding hydrogens is 400 g/mol. The van der Waals surface area contributed by atoms with Crippen molar-refractivity contribution in [1.82, 2.24) is 10.2 Å². The van der Waals surface area contributed by atoms with Gasteiger partial charge in [-0.05, 0) is 56.5 Å². The molecule has 30 heavy (non-hydrogen) atoms. The minimum atomic E-state index is -0.569. The van der Waals surface area contributed by atoms with E-state index in [1.165, 1.54) is 0 Å². The van der Waals surface area contributed by atoms with E-state index in [1.807, 2.05) is 52.0 Å². The van der Waals surface area contributed by atoms with Crippen molar-refractivity contribution < 1.29 is 14.3 Å². The van der Waals surface area contributed by atoms with E-state index >= 15 is 0 Å². The summed E-state index contributed by atoms with van der Waals surface area (Å²) in [5.41, 5.74) is 2.08. The molecule has 2 aromatic carbocycles. The van der Waals surface area contributed by atoms with Crippen LogP contribution in [0.25, 0.3) is 0 Å². The molecule has 1 N–H and O–H groups in total. The van der Waals surface area contributed by atoms with Crippen LogP contribution in [0.15, 0.2) is 48.5 Å². The molecule has 2 unspecified atom stereocenters. The third-order valence-electron chi connectivity index (χ3n) is 5.00. The Hall–Kier alpha value is -2.53. The molecular formula is C24H31ClN2O3. The minimum absolute atomic E-state index is 0.0489. The average molecular weight is 431 g/mol. The van der Waals surface area contributed by atoms with Crippen molar-refractivity contribution in [2.24, 2.45) is 0 Å². The number of carbonyl (C=O) groups is 2. The maximum atomic E-state index is 13.1. The van der Waals surface area contributed by atoms with E-state index in [0.29, 0.717) is 23.7 Å². The second-order valence-electron chi connectivity index (χ2n) is 7.50. The zero-order valence-corrected chi connectivity index (χ0v) is 18.9. The lowest BCUT2D eigenvalue weighted by Crippen LogP contribution is -2.51. The molecule has 0 spiro atoms. The molecule has 6 heteroatoms. The summed E-state index contributed by atoms with van der Waals surface area (Å²) in [6.45, 7) is 8.09. The Morgan fingerprint density at radius 2 is 1.80 bits per heavy atom. The lowest BCUT2D eigenvalue weighted by molar-refractivity contribution is -0.143. The van der Waals surface area contributed by atoms with Gasteiger partial charge in [-0.2, -0.15) is 0 Å². The second-order valence-corrected chi connectivity index (χ2v) is 7.93. The number of amides is 2. The van der Waals surface area contributed by atoms with Gasteiger partial charge in [0.25, 0.3) is 5.91 Å². The summed E-state index contributed by atoms with van der Waals surface area (Å²) in [6.07, 6.45) is 1.34. The predicted octanol–water partition coefficient (Wildman–Crippen LogP) is 4.75. The number of nitrogens with one attached hydrogen (secondary N) is 1. The topological polar surface area (TPSA) is 58.6 Å². The van der Waals surface area contributed by atoms with E-state index in [1.54, 1.807) is 29.2 Å². The molecule has 0 aliphatic heterocycles. The van der Waals surface area contributed by atoms with Gasteiger partial charge in [-0.25, -0.2) is 0 Å². The summed E-state index contributed by atoms with van der Waals surface area (Å²) in [6, 6.07) is 14.3. The van der Waals surface area contributed by atoms with Gasteiger partial charge in [0, 0.05) is 17.6 Å². The maximum absolute atomic E-state index is 13.1. The van der Waals surface area contributed by atoms with E-state index in [2.05, 4.69) is 5.32 Å². The van der Waals surface area contributed by atoms with E-state index in [-0.39, 0.29) is 24.5 Å². The van der Waals surface area contributed by atoms with Crippen LogP contribution in [-0.4, -0.2) is 35.4 Å². The van der Waals surface area contributed by atoms with Gasteiger partial charge in [0.15, 0.2) is 6.61 Å². The Morgan fingerprint density at radius 1 is 1.10 bits per heavy atom. The SMILES string of the molecule is CCC(C)NC(=O)C(CC)N(Cc1cccc(C)c1)C(=O)COc1ccc(Cl)cc1. The zero-order valence-electron chi connectivity index (χ0n) is 18.2. The van der Waals surface area contributed by atoms with Crippen molar-refractivity contribution >= 4 is 23.4 Å². The van der Waals surface area contributed by atoms with Crippen molar-refractivity contribution in [3.05, 3.63) is 64.7 Å².